The second-order valence-corrected chi connectivity index (χ2v) is 9.64. The lowest BCUT2D eigenvalue weighted by Gasteiger charge is -2.38. The SMILES string of the molecule is CCCCCCCCCC(=O)OC1CCC2(CC1)NC(C)(C)C(C)(C)N2. The summed E-state index contributed by atoms with van der Waals surface area (Å²) in [5.41, 5.74) is 0.135. The molecule has 2 fully saturated rings. The standard InChI is InChI=1S/C22H42N2O2/c1-6-7-8-9-10-11-12-13-19(25)26-18-14-16-22(17-15-18)23-20(2,3)21(4,5)24-22/h18,23-24H,6-17H2,1-5H3. The van der Waals surface area contributed by atoms with Crippen molar-refractivity contribution < 1.29 is 9.53 Å². The van der Waals surface area contributed by atoms with Crippen LogP contribution in [0.2, 0.25) is 0 Å². The second-order valence-electron chi connectivity index (χ2n) is 9.64. The number of carbonyl (C=O) groups excluding carboxylic acids is 1. The van der Waals surface area contributed by atoms with E-state index in [1.165, 1.54) is 32.1 Å². The quantitative estimate of drug-likeness (QED) is 0.442. The van der Waals surface area contributed by atoms with Gasteiger partial charge in [0.15, 0.2) is 0 Å². The molecule has 152 valence electrons. The molecule has 1 heterocycles. The van der Waals surface area contributed by atoms with E-state index in [0.717, 1.165) is 38.5 Å². The number of esters is 1. The lowest BCUT2D eigenvalue weighted by atomic mass is 9.85. The van der Waals surface area contributed by atoms with E-state index < -0.39 is 0 Å². The van der Waals surface area contributed by atoms with Gasteiger partial charge in [0, 0.05) is 17.5 Å². The van der Waals surface area contributed by atoms with Crippen LogP contribution in [0.4, 0.5) is 0 Å². The van der Waals surface area contributed by atoms with E-state index in [0.29, 0.717) is 6.42 Å². The normalized spacial score (nSPS) is 24.0. The van der Waals surface area contributed by atoms with Gasteiger partial charge in [-0.2, -0.15) is 0 Å². The number of hydrogen-bond donors (Lipinski definition) is 2. The van der Waals surface area contributed by atoms with Crippen LogP contribution in [0, 0.1) is 0 Å². The Balaban J connectivity index is 1.62. The van der Waals surface area contributed by atoms with E-state index in [4.69, 9.17) is 4.74 Å². The van der Waals surface area contributed by atoms with Gasteiger partial charge >= 0.3 is 5.97 Å². The summed E-state index contributed by atoms with van der Waals surface area (Å²) in [4.78, 5) is 12.1. The summed E-state index contributed by atoms with van der Waals surface area (Å²) in [6, 6.07) is 0. The molecule has 2 aliphatic rings. The zero-order valence-corrected chi connectivity index (χ0v) is 17.9. The van der Waals surface area contributed by atoms with Gasteiger partial charge in [-0.05, 0) is 59.8 Å². The van der Waals surface area contributed by atoms with Crippen molar-refractivity contribution in [3.8, 4) is 0 Å². The molecule has 1 saturated heterocycles. The fourth-order valence-electron chi connectivity index (χ4n) is 4.46. The van der Waals surface area contributed by atoms with Gasteiger partial charge < -0.3 is 4.74 Å². The van der Waals surface area contributed by atoms with E-state index in [9.17, 15) is 4.79 Å². The van der Waals surface area contributed by atoms with Crippen LogP contribution in [0.1, 0.15) is 112 Å². The molecule has 0 aromatic carbocycles. The molecule has 4 heteroatoms. The van der Waals surface area contributed by atoms with E-state index in [1.54, 1.807) is 0 Å². The highest BCUT2D eigenvalue weighted by atomic mass is 16.5. The average molecular weight is 367 g/mol. The van der Waals surface area contributed by atoms with Crippen molar-refractivity contribution in [3.05, 3.63) is 0 Å². The Labute approximate surface area is 161 Å². The van der Waals surface area contributed by atoms with Crippen LogP contribution in [-0.2, 0) is 9.53 Å². The minimum absolute atomic E-state index is 0.00695. The van der Waals surface area contributed by atoms with Gasteiger partial charge in [-0.3, -0.25) is 15.4 Å². The number of hydrogen-bond acceptors (Lipinski definition) is 4. The third-order valence-electron chi connectivity index (χ3n) is 6.73. The van der Waals surface area contributed by atoms with Crippen molar-refractivity contribution in [1.82, 2.24) is 10.6 Å². The molecule has 0 amide bonds. The van der Waals surface area contributed by atoms with Crippen LogP contribution in [0.15, 0.2) is 0 Å². The molecule has 0 aromatic heterocycles. The summed E-state index contributed by atoms with van der Waals surface area (Å²) >= 11 is 0. The molecule has 26 heavy (non-hydrogen) atoms. The number of nitrogens with one attached hydrogen (secondary N) is 2. The Morgan fingerprint density at radius 1 is 0.885 bits per heavy atom. The van der Waals surface area contributed by atoms with Gasteiger partial charge in [0.05, 0.1) is 5.66 Å². The molecule has 2 rings (SSSR count). The first-order valence-corrected chi connectivity index (χ1v) is 11.0. The van der Waals surface area contributed by atoms with Gasteiger partial charge in [0.1, 0.15) is 6.10 Å². The Morgan fingerprint density at radius 2 is 1.38 bits per heavy atom. The Hall–Kier alpha value is -0.610. The molecule has 4 nitrogen and oxygen atoms in total. The number of ether oxygens (including phenoxy) is 1. The maximum atomic E-state index is 12.1. The largest absolute Gasteiger partial charge is 0.462 e. The van der Waals surface area contributed by atoms with Crippen molar-refractivity contribution in [2.45, 2.75) is 135 Å². The average Bonchev–Trinajstić information content (AvgIpc) is 2.73. The second kappa shape index (κ2) is 9.05. The molecule has 1 aliphatic carbocycles. The molecule has 1 saturated carbocycles. The Bertz CT molecular complexity index is 433. The molecule has 0 bridgehead atoms. The highest BCUT2D eigenvalue weighted by molar-refractivity contribution is 5.69. The fraction of sp³-hybridized carbons (Fsp3) is 0.955. The maximum absolute atomic E-state index is 12.1. The van der Waals surface area contributed by atoms with E-state index in [1.807, 2.05) is 0 Å². The van der Waals surface area contributed by atoms with Gasteiger partial charge in [0.2, 0.25) is 0 Å². The maximum Gasteiger partial charge on any atom is 0.306 e. The molecule has 0 atom stereocenters. The first-order valence-electron chi connectivity index (χ1n) is 11.0. The minimum Gasteiger partial charge on any atom is -0.462 e. The van der Waals surface area contributed by atoms with Crippen LogP contribution >= 0.6 is 0 Å². The van der Waals surface area contributed by atoms with Gasteiger partial charge in [0.25, 0.3) is 0 Å². The smallest absolute Gasteiger partial charge is 0.306 e. The fourth-order valence-corrected chi connectivity index (χ4v) is 4.46. The molecule has 2 N–H and O–H groups in total. The van der Waals surface area contributed by atoms with Crippen LogP contribution in [0.3, 0.4) is 0 Å². The Kier molecular flexibility index (Phi) is 7.55. The summed E-state index contributed by atoms with van der Waals surface area (Å²) in [5.74, 6) is 0.00695. The van der Waals surface area contributed by atoms with Crippen LogP contribution in [-0.4, -0.2) is 28.8 Å². The number of carbonyl (C=O) groups is 1. The first-order chi connectivity index (χ1) is 12.2. The zero-order valence-electron chi connectivity index (χ0n) is 17.9. The predicted octanol–water partition coefficient (Wildman–Crippen LogP) is 5.06. The number of rotatable bonds is 9. The van der Waals surface area contributed by atoms with E-state index in [-0.39, 0.29) is 28.8 Å². The summed E-state index contributed by atoms with van der Waals surface area (Å²) in [6.45, 7) is 11.3. The third-order valence-corrected chi connectivity index (χ3v) is 6.73. The van der Waals surface area contributed by atoms with Crippen molar-refractivity contribution >= 4 is 5.97 Å². The first kappa shape index (κ1) is 21.7. The lowest BCUT2D eigenvalue weighted by molar-refractivity contribution is -0.151. The molecule has 1 spiro atoms. The molecule has 1 aliphatic heterocycles. The van der Waals surface area contributed by atoms with Crippen molar-refractivity contribution in [2.75, 3.05) is 0 Å². The van der Waals surface area contributed by atoms with Crippen molar-refractivity contribution in [1.29, 1.82) is 0 Å². The van der Waals surface area contributed by atoms with Crippen molar-refractivity contribution in [3.63, 3.8) is 0 Å². The lowest BCUT2D eigenvalue weighted by Crippen LogP contribution is -2.55. The summed E-state index contributed by atoms with van der Waals surface area (Å²) in [5, 5.41) is 7.64. The molecule has 0 aromatic rings. The van der Waals surface area contributed by atoms with Gasteiger partial charge in [-0.25, -0.2) is 0 Å². The van der Waals surface area contributed by atoms with Gasteiger partial charge in [-0.15, -0.1) is 0 Å². The summed E-state index contributed by atoms with van der Waals surface area (Å²) < 4.78 is 5.75. The third kappa shape index (κ3) is 5.69. The zero-order chi connectivity index (χ0) is 19.3. The molecule has 0 unspecified atom stereocenters. The van der Waals surface area contributed by atoms with Crippen LogP contribution < -0.4 is 10.6 Å². The summed E-state index contributed by atoms with van der Waals surface area (Å²) in [7, 11) is 0. The topological polar surface area (TPSA) is 50.4 Å². The van der Waals surface area contributed by atoms with Crippen LogP contribution in [0.5, 0.6) is 0 Å². The molecule has 0 radical (unpaired) electrons. The predicted molar refractivity (Wildman–Crippen MR) is 108 cm³/mol. The van der Waals surface area contributed by atoms with Gasteiger partial charge in [-0.1, -0.05) is 45.4 Å². The van der Waals surface area contributed by atoms with Crippen LogP contribution in [0.25, 0.3) is 0 Å². The monoisotopic (exact) mass is 366 g/mol. The number of unbranched alkanes of at least 4 members (excludes halogenated alkanes) is 6. The van der Waals surface area contributed by atoms with Crippen molar-refractivity contribution in [2.24, 2.45) is 0 Å². The highest BCUT2D eigenvalue weighted by Gasteiger charge is 2.54. The highest BCUT2D eigenvalue weighted by Crippen LogP contribution is 2.39. The minimum atomic E-state index is 0.00695. The van der Waals surface area contributed by atoms with E-state index >= 15 is 0 Å². The molecular formula is C22H42N2O2. The summed E-state index contributed by atoms with van der Waals surface area (Å²) in [6.07, 6.45) is 13.3. The Morgan fingerprint density at radius 3 is 1.92 bits per heavy atom. The van der Waals surface area contributed by atoms with E-state index in [2.05, 4.69) is 45.3 Å². The molecular weight excluding hydrogens is 324 g/mol.